The first-order valence-electron chi connectivity index (χ1n) is 11.6. The van der Waals surface area contributed by atoms with E-state index in [-0.39, 0.29) is 6.54 Å². The molecule has 0 aliphatic rings. The predicted molar refractivity (Wildman–Crippen MR) is 139 cm³/mol. The van der Waals surface area contributed by atoms with Crippen molar-refractivity contribution in [3.8, 4) is 5.75 Å². The molecular weight excluding hydrogens is 440 g/mol. The van der Waals surface area contributed by atoms with Gasteiger partial charge in [-0.1, -0.05) is 72.8 Å². The first-order valence-corrected chi connectivity index (χ1v) is 11.6. The van der Waals surface area contributed by atoms with Gasteiger partial charge in [-0.15, -0.1) is 0 Å². The number of hydrazine groups is 1. The maximum absolute atomic E-state index is 11.6. The average Bonchev–Trinajstić information content (AvgIpc) is 2.84. The Bertz CT molecular complexity index is 1020. The van der Waals surface area contributed by atoms with Crippen LogP contribution >= 0.6 is 0 Å². The first kappa shape index (κ1) is 26.5. The number of nitrogens with zero attached hydrogens (tertiary/aromatic N) is 1. The molecule has 3 aromatic rings. The molecule has 180 valence electrons. The van der Waals surface area contributed by atoms with Crippen LogP contribution in [-0.2, 0) is 19.6 Å². The van der Waals surface area contributed by atoms with Gasteiger partial charge >= 0.3 is 7.05 Å². The monoisotopic (exact) mass is 471 g/mol. The van der Waals surface area contributed by atoms with Crippen LogP contribution in [0.15, 0.2) is 84.9 Å². The predicted octanol–water partition coefficient (Wildman–Crippen LogP) is 2.53. The summed E-state index contributed by atoms with van der Waals surface area (Å²) in [4.78, 5) is 11.6. The summed E-state index contributed by atoms with van der Waals surface area (Å²) in [6.45, 7) is 2.69. The maximum Gasteiger partial charge on any atom is 0.388 e. The molecule has 4 N–H and O–H groups in total. The molecule has 0 aromatic heterocycles. The van der Waals surface area contributed by atoms with Gasteiger partial charge in [0.2, 0.25) is 7.85 Å². The maximum atomic E-state index is 11.6. The Hall–Kier alpha value is -3.10. The van der Waals surface area contributed by atoms with Gasteiger partial charge in [-0.2, -0.15) is 0 Å². The minimum Gasteiger partial charge on any atom is -0.489 e. The number of benzene rings is 3. The van der Waals surface area contributed by atoms with Crippen molar-refractivity contribution in [3.63, 3.8) is 0 Å². The summed E-state index contributed by atoms with van der Waals surface area (Å²) in [6.07, 6.45) is -0.580. The summed E-state index contributed by atoms with van der Waals surface area (Å²) in [5.41, 5.74) is 3.00. The van der Waals surface area contributed by atoms with Crippen LogP contribution in [0.4, 0.5) is 4.79 Å². The second-order valence-corrected chi connectivity index (χ2v) is 8.48. The lowest BCUT2D eigenvalue weighted by molar-refractivity contribution is 0.0667. The Morgan fingerprint density at radius 2 is 1.57 bits per heavy atom. The SMILES string of the molecule is [B]C(=O)N[C@H](Cc1ccc(OCc2ccccc2)cc1)[C@H](O)CN(Cc1ccccc1)NB(C)O. The zero-order valence-corrected chi connectivity index (χ0v) is 19.9. The molecule has 1 amide bonds. The molecule has 0 saturated carbocycles. The lowest BCUT2D eigenvalue weighted by Crippen LogP contribution is -2.54. The molecule has 0 aliphatic heterocycles. The average molecular weight is 471 g/mol. The summed E-state index contributed by atoms with van der Waals surface area (Å²) in [5, 5.41) is 28.1. The smallest absolute Gasteiger partial charge is 0.388 e. The van der Waals surface area contributed by atoms with E-state index in [0.29, 0.717) is 19.6 Å². The van der Waals surface area contributed by atoms with E-state index in [0.717, 1.165) is 22.4 Å². The zero-order valence-electron chi connectivity index (χ0n) is 19.9. The van der Waals surface area contributed by atoms with Gasteiger partial charge in [0.1, 0.15) is 12.4 Å². The number of hydrogen-bond acceptors (Lipinski definition) is 6. The van der Waals surface area contributed by atoms with E-state index in [1.165, 1.54) is 0 Å². The number of nitrogens with one attached hydrogen (secondary N) is 2. The van der Waals surface area contributed by atoms with E-state index in [9.17, 15) is 14.9 Å². The number of hydrogen-bond donors (Lipinski definition) is 4. The number of carbonyl (C=O) groups is 1. The number of aliphatic hydroxyl groups excluding tert-OH is 1. The highest BCUT2D eigenvalue weighted by atomic mass is 16.5. The van der Waals surface area contributed by atoms with Crippen LogP contribution in [0.3, 0.4) is 0 Å². The molecule has 2 atom stereocenters. The van der Waals surface area contributed by atoms with Crippen molar-refractivity contribution < 1.29 is 19.7 Å². The summed E-state index contributed by atoms with van der Waals surface area (Å²) in [5.74, 6) is 0.0164. The molecule has 0 aliphatic carbocycles. The van der Waals surface area contributed by atoms with Gasteiger partial charge in [-0.25, -0.2) is 5.01 Å². The van der Waals surface area contributed by atoms with Crippen molar-refractivity contribution in [2.24, 2.45) is 0 Å². The molecular formula is C26H31B2N3O4. The lowest BCUT2D eigenvalue weighted by atomic mass is 9.90. The summed E-state index contributed by atoms with van der Waals surface area (Å²) in [6, 6.07) is 26.5. The van der Waals surface area contributed by atoms with Crippen LogP contribution in [0.25, 0.3) is 0 Å². The number of rotatable bonds is 13. The zero-order chi connectivity index (χ0) is 25.0. The van der Waals surface area contributed by atoms with Crippen molar-refractivity contribution in [1.82, 2.24) is 15.7 Å². The molecule has 0 saturated heterocycles. The van der Waals surface area contributed by atoms with E-state index in [4.69, 9.17) is 12.6 Å². The third kappa shape index (κ3) is 9.58. The molecule has 0 unspecified atom stereocenters. The fraction of sp³-hybridized carbons (Fsp3) is 0.269. The highest BCUT2D eigenvalue weighted by Gasteiger charge is 2.24. The molecule has 0 heterocycles. The van der Waals surface area contributed by atoms with Crippen molar-refractivity contribution in [2.75, 3.05) is 6.54 Å². The first-order chi connectivity index (χ1) is 16.9. The molecule has 0 bridgehead atoms. The van der Waals surface area contributed by atoms with Crippen LogP contribution in [0.2, 0.25) is 6.82 Å². The highest BCUT2D eigenvalue weighted by Crippen LogP contribution is 2.16. The van der Waals surface area contributed by atoms with Crippen LogP contribution in [0, 0.1) is 0 Å². The fourth-order valence-electron chi connectivity index (χ4n) is 3.77. The standard InChI is InChI=1S/C26H31B2N3O4/c1-28(34)30-31(17-21-8-4-2-5-9-21)18-25(32)24(29-26(27)33)16-20-12-14-23(15-13-20)35-19-22-10-6-3-7-11-22/h2-15,24-25,30,32,34H,16-19H2,1H3,(H,29,33)/t24-,25-/m1/s1. The quantitative estimate of drug-likeness (QED) is 0.226. The summed E-state index contributed by atoms with van der Waals surface area (Å²) in [7, 11) is 4.58. The second kappa shape index (κ2) is 13.7. The number of amides is 1. The van der Waals surface area contributed by atoms with E-state index >= 15 is 0 Å². The summed E-state index contributed by atoms with van der Waals surface area (Å²) >= 11 is 0. The molecule has 3 rings (SSSR count). The minimum atomic E-state index is -0.952. The molecule has 7 nitrogen and oxygen atoms in total. The largest absolute Gasteiger partial charge is 0.489 e. The highest BCUT2D eigenvalue weighted by molar-refractivity contribution is 6.57. The van der Waals surface area contributed by atoms with Gasteiger partial charge in [0.05, 0.1) is 12.1 Å². The van der Waals surface area contributed by atoms with Gasteiger partial charge in [-0.05, 0) is 42.1 Å². The van der Waals surface area contributed by atoms with Crippen molar-refractivity contribution in [2.45, 2.75) is 38.5 Å². The van der Waals surface area contributed by atoms with Crippen LogP contribution in [-0.4, -0.2) is 54.5 Å². The van der Waals surface area contributed by atoms with Gasteiger partial charge in [0.15, 0.2) is 5.81 Å². The van der Waals surface area contributed by atoms with Gasteiger partial charge < -0.3 is 20.2 Å². The number of carbonyl (C=O) groups excluding carboxylic acids is 1. The molecule has 2 radical (unpaired) electrons. The Morgan fingerprint density at radius 1 is 0.971 bits per heavy atom. The van der Waals surface area contributed by atoms with Crippen molar-refractivity contribution in [3.05, 3.63) is 102 Å². The number of aliphatic hydroxyl groups is 1. The van der Waals surface area contributed by atoms with E-state index < -0.39 is 25.0 Å². The molecule has 35 heavy (non-hydrogen) atoms. The van der Waals surface area contributed by atoms with E-state index in [1.807, 2.05) is 84.9 Å². The van der Waals surface area contributed by atoms with Gasteiger partial charge in [-0.3, -0.25) is 10.1 Å². The lowest BCUT2D eigenvalue weighted by Gasteiger charge is -2.31. The van der Waals surface area contributed by atoms with Crippen LogP contribution in [0.5, 0.6) is 5.75 Å². The van der Waals surface area contributed by atoms with E-state index in [1.54, 1.807) is 11.8 Å². The van der Waals surface area contributed by atoms with Crippen molar-refractivity contribution >= 4 is 20.7 Å². The summed E-state index contributed by atoms with van der Waals surface area (Å²) < 4.78 is 5.83. The Morgan fingerprint density at radius 3 is 2.14 bits per heavy atom. The van der Waals surface area contributed by atoms with Crippen molar-refractivity contribution in [1.29, 1.82) is 0 Å². The minimum absolute atomic E-state index is 0.156. The van der Waals surface area contributed by atoms with Crippen LogP contribution in [0.1, 0.15) is 16.7 Å². The Labute approximate surface area is 208 Å². The third-order valence-corrected chi connectivity index (χ3v) is 5.41. The molecule has 0 fully saturated rings. The van der Waals surface area contributed by atoms with Gasteiger partial charge in [0.25, 0.3) is 0 Å². The topological polar surface area (TPSA) is 94.1 Å². The Balaban J connectivity index is 1.62. The second-order valence-electron chi connectivity index (χ2n) is 8.48. The molecule has 0 spiro atoms. The van der Waals surface area contributed by atoms with Crippen LogP contribution < -0.4 is 15.4 Å². The Kier molecular flexibility index (Phi) is 10.4. The third-order valence-electron chi connectivity index (χ3n) is 5.41. The van der Waals surface area contributed by atoms with Gasteiger partial charge in [0, 0.05) is 13.1 Å². The molecule has 9 heteroatoms. The number of ether oxygens (including phenoxy) is 1. The molecule has 3 aromatic carbocycles. The van der Waals surface area contributed by atoms with E-state index in [2.05, 4.69) is 10.7 Å². The fourth-order valence-corrected chi connectivity index (χ4v) is 3.77. The normalized spacial score (nSPS) is 12.7.